The number of amides is 1. The Bertz CT molecular complexity index is 776. The normalized spacial score (nSPS) is 29.2. The van der Waals surface area contributed by atoms with Crippen molar-refractivity contribution in [3.63, 3.8) is 0 Å². The first-order valence-corrected chi connectivity index (χ1v) is 10.8. The molecule has 0 N–H and O–H groups in total. The first-order chi connectivity index (χ1) is 14.5. The average Bonchev–Trinajstić information content (AvgIpc) is 3.21. The first-order valence-electron chi connectivity index (χ1n) is 10.8. The lowest BCUT2D eigenvalue weighted by atomic mass is 9.52. The maximum Gasteiger partial charge on any atom is 0.331 e. The van der Waals surface area contributed by atoms with Gasteiger partial charge in [-0.25, -0.2) is 9.59 Å². The maximum atomic E-state index is 13.2. The van der Waals surface area contributed by atoms with Crippen LogP contribution < -0.4 is 0 Å². The van der Waals surface area contributed by atoms with Crippen LogP contribution in [-0.4, -0.2) is 41.5 Å². The van der Waals surface area contributed by atoms with Crippen molar-refractivity contribution < 1.29 is 28.3 Å². The van der Waals surface area contributed by atoms with Crippen molar-refractivity contribution in [2.24, 2.45) is 17.8 Å². The average molecular weight is 415 g/mol. The third-order valence-corrected chi connectivity index (χ3v) is 6.75. The number of nitrogens with zero attached hydrogens (tertiary/aromatic N) is 1. The molecule has 1 aromatic heterocycles. The summed E-state index contributed by atoms with van der Waals surface area (Å²) >= 11 is 0. The SMILES string of the molecule is CCOC(=O)/C=C/C(=O)OCC(=O)N(Cc1ccco1)C12CC3CC(CC(C3)C1)C2. The topological polar surface area (TPSA) is 86.1 Å². The summed E-state index contributed by atoms with van der Waals surface area (Å²) in [5, 5.41) is 0. The van der Waals surface area contributed by atoms with Gasteiger partial charge < -0.3 is 18.8 Å². The molecule has 4 bridgehead atoms. The van der Waals surface area contributed by atoms with Crippen molar-refractivity contribution in [1.82, 2.24) is 4.90 Å². The summed E-state index contributed by atoms with van der Waals surface area (Å²) < 4.78 is 15.4. The van der Waals surface area contributed by atoms with E-state index in [1.54, 1.807) is 13.2 Å². The second-order valence-corrected chi connectivity index (χ2v) is 8.89. The summed E-state index contributed by atoms with van der Waals surface area (Å²) in [6, 6.07) is 3.69. The van der Waals surface area contributed by atoms with Gasteiger partial charge >= 0.3 is 11.9 Å². The molecule has 0 atom stereocenters. The molecule has 4 aliphatic rings. The third-order valence-electron chi connectivity index (χ3n) is 6.75. The summed E-state index contributed by atoms with van der Waals surface area (Å²) in [5.41, 5.74) is -0.175. The van der Waals surface area contributed by atoms with E-state index in [1.807, 2.05) is 17.0 Å². The molecule has 0 unspecified atom stereocenters. The van der Waals surface area contributed by atoms with Gasteiger partial charge in [0.1, 0.15) is 5.76 Å². The minimum absolute atomic E-state index is 0.175. The lowest BCUT2D eigenvalue weighted by Crippen LogP contribution is -2.61. The van der Waals surface area contributed by atoms with Gasteiger partial charge in [0.05, 0.1) is 19.4 Å². The lowest BCUT2D eigenvalue weighted by molar-refractivity contribution is -0.162. The van der Waals surface area contributed by atoms with Gasteiger partial charge in [0.25, 0.3) is 5.91 Å². The quantitative estimate of drug-likeness (QED) is 0.479. The van der Waals surface area contributed by atoms with Crippen LogP contribution in [-0.2, 0) is 30.4 Å². The molecule has 5 rings (SSSR count). The van der Waals surface area contributed by atoms with Crippen LogP contribution in [0.2, 0.25) is 0 Å². The van der Waals surface area contributed by atoms with Crippen molar-refractivity contribution in [2.75, 3.05) is 13.2 Å². The van der Waals surface area contributed by atoms with E-state index in [9.17, 15) is 14.4 Å². The second kappa shape index (κ2) is 8.66. The molecule has 1 amide bonds. The Balaban J connectivity index is 1.44. The molecule has 7 heteroatoms. The molecular formula is C23H29NO6. The third kappa shape index (κ3) is 4.45. The molecule has 0 spiro atoms. The van der Waals surface area contributed by atoms with Gasteiger partial charge in [0.2, 0.25) is 0 Å². The van der Waals surface area contributed by atoms with Crippen LogP contribution in [0.4, 0.5) is 0 Å². The molecule has 4 saturated carbocycles. The minimum Gasteiger partial charge on any atom is -0.467 e. The highest BCUT2D eigenvalue weighted by molar-refractivity contribution is 5.92. The summed E-state index contributed by atoms with van der Waals surface area (Å²) in [6.45, 7) is 1.94. The number of hydrogen-bond acceptors (Lipinski definition) is 6. The van der Waals surface area contributed by atoms with Gasteiger partial charge in [-0.2, -0.15) is 0 Å². The fourth-order valence-electron chi connectivity index (χ4n) is 6.06. The van der Waals surface area contributed by atoms with Crippen molar-refractivity contribution in [3.05, 3.63) is 36.3 Å². The summed E-state index contributed by atoms with van der Waals surface area (Å²) in [6.07, 6.45) is 10.5. The fourth-order valence-corrected chi connectivity index (χ4v) is 6.06. The van der Waals surface area contributed by atoms with Crippen LogP contribution in [0.25, 0.3) is 0 Å². The molecule has 4 aliphatic carbocycles. The number of carbonyl (C=O) groups excluding carboxylic acids is 3. The van der Waals surface area contributed by atoms with Crippen LogP contribution in [0.1, 0.15) is 51.2 Å². The van der Waals surface area contributed by atoms with Crippen LogP contribution >= 0.6 is 0 Å². The number of esters is 2. The zero-order chi connectivity index (χ0) is 21.1. The van der Waals surface area contributed by atoms with Gasteiger partial charge in [0, 0.05) is 17.7 Å². The zero-order valence-electron chi connectivity index (χ0n) is 17.4. The predicted octanol–water partition coefficient (Wildman–Crippen LogP) is 3.24. The number of rotatable bonds is 8. The molecule has 0 aliphatic heterocycles. The van der Waals surface area contributed by atoms with E-state index in [1.165, 1.54) is 19.3 Å². The highest BCUT2D eigenvalue weighted by Crippen LogP contribution is 2.58. The molecule has 0 aromatic carbocycles. The summed E-state index contributed by atoms with van der Waals surface area (Å²) in [5.74, 6) is 1.20. The van der Waals surface area contributed by atoms with Gasteiger partial charge in [-0.1, -0.05) is 0 Å². The van der Waals surface area contributed by atoms with E-state index in [0.29, 0.717) is 24.3 Å². The largest absolute Gasteiger partial charge is 0.467 e. The van der Waals surface area contributed by atoms with Crippen LogP contribution in [0.5, 0.6) is 0 Å². The van der Waals surface area contributed by atoms with Gasteiger partial charge in [0.15, 0.2) is 6.61 Å². The molecule has 1 heterocycles. The second-order valence-electron chi connectivity index (χ2n) is 8.89. The van der Waals surface area contributed by atoms with E-state index in [0.717, 1.165) is 37.2 Å². The summed E-state index contributed by atoms with van der Waals surface area (Å²) in [7, 11) is 0. The molecule has 0 saturated heterocycles. The highest BCUT2D eigenvalue weighted by Gasteiger charge is 2.54. The number of furan rings is 1. The smallest absolute Gasteiger partial charge is 0.331 e. The Morgan fingerprint density at radius 1 is 1.07 bits per heavy atom. The Kier molecular flexibility index (Phi) is 5.97. The fraction of sp³-hybridized carbons (Fsp3) is 0.609. The molecule has 30 heavy (non-hydrogen) atoms. The molecule has 0 radical (unpaired) electrons. The molecule has 4 fully saturated rings. The van der Waals surface area contributed by atoms with Gasteiger partial charge in [-0.05, 0) is 75.3 Å². The van der Waals surface area contributed by atoms with Crippen LogP contribution in [0, 0.1) is 17.8 Å². The van der Waals surface area contributed by atoms with Crippen LogP contribution in [0.15, 0.2) is 35.0 Å². The monoisotopic (exact) mass is 415 g/mol. The minimum atomic E-state index is -0.736. The molecular weight excluding hydrogens is 386 g/mol. The molecule has 7 nitrogen and oxygen atoms in total. The van der Waals surface area contributed by atoms with E-state index < -0.39 is 11.9 Å². The van der Waals surface area contributed by atoms with E-state index in [4.69, 9.17) is 13.9 Å². The Labute approximate surface area is 176 Å². The Hall–Kier alpha value is -2.57. The van der Waals surface area contributed by atoms with Gasteiger partial charge in [-0.3, -0.25) is 4.79 Å². The number of hydrogen-bond donors (Lipinski definition) is 0. The zero-order valence-corrected chi connectivity index (χ0v) is 17.4. The van der Waals surface area contributed by atoms with Gasteiger partial charge in [-0.15, -0.1) is 0 Å². The molecule has 1 aromatic rings. The summed E-state index contributed by atoms with van der Waals surface area (Å²) in [4.78, 5) is 38.4. The van der Waals surface area contributed by atoms with E-state index in [-0.39, 0.29) is 24.7 Å². The van der Waals surface area contributed by atoms with Crippen molar-refractivity contribution in [1.29, 1.82) is 0 Å². The van der Waals surface area contributed by atoms with E-state index >= 15 is 0 Å². The van der Waals surface area contributed by atoms with Crippen molar-refractivity contribution >= 4 is 17.8 Å². The molecule has 162 valence electrons. The maximum absolute atomic E-state index is 13.2. The van der Waals surface area contributed by atoms with Crippen molar-refractivity contribution in [2.45, 2.75) is 57.5 Å². The first kappa shape index (κ1) is 20.7. The Morgan fingerprint density at radius 3 is 2.20 bits per heavy atom. The predicted molar refractivity (Wildman–Crippen MR) is 107 cm³/mol. The van der Waals surface area contributed by atoms with Crippen LogP contribution in [0.3, 0.4) is 0 Å². The number of carbonyl (C=O) groups is 3. The van der Waals surface area contributed by atoms with Crippen molar-refractivity contribution in [3.8, 4) is 0 Å². The lowest BCUT2D eigenvalue weighted by Gasteiger charge is -2.60. The standard InChI is InChI=1S/C23H29NO6/c1-2-28-21(26)5-6-22(27)30-15-20(25)24(14-19-4-3-7-29-19)23-11-16-8-17(12-23)10-18(9-16)13-23/h3-7,16-18H,2,8-15H2,1H3/b6-5+. The van der Waals surface area contributed by atoms with E-state index in [2.05, 4.69) is 0 Å². The Morgan fingerprint density at radius 2 is 1.67 bits per heavy atom. The highest BCUT2D eigenvalue weighted by atomic mass is 16.5. The number of ether oxygens (including phenoxy) is 2.